The molecule has 0 bridgehead atoms. The van der Waals surface area contributed by atoms with E-state index < -0.39 is 11.8 Å². The third kappa shape index (κ3) is 2.57. The van der Waals surface area contributed by atoms with E-state index in [4.69, 9.17) is 11.6 Å². The van der Waals surface area contributed by atoms with E-state index in [0.29, 0.717) is 0 Å². The van der Waals surface area contributed by atoms with Crippen molar-refractivity contribution in [1.82, 2.24) is 0 Å². The van der Waals surface area contributed by atoms with E-state index in [9.17, 15) is 9.18 Å². The van der Waals surface area contributed by atoms with Crippen LogP contribution in [0.2, 0.25) is 5.02 Å². The fourth-order valence-corrected chi connectivity index (χ4v) is 1.06. The fourth-order valence-electron chi connectivity index (χ4n) is 0.875. The number of rotatable bonds is 2. The summed E-state index contributed by atoms with van der Waals surface area (Å²) in [5.41, 5.74) is 0.253. The zero-order chi connectivity index (χ0) is 10.6. The molecule has 1 aromatic carbocycles. The zero-order valence-corrected chi connectivity index (χ0v) is 8.22. The maximum absolute atomic E-state index is 13.2. The highest BCUT2D eigenvalue weighted by molar-refractivity contribution is 6.30. The lowest BCUT2D eigenvalue weighted by atomic mass is 10.2. The van der Waals surface area contributed by atoms with Crippen molar-refractivity contribution in [2.24, 2.45) is 0 Å². The number of hydrogen-bond acceptors (Lipinski definition) is 2. The highest BCUT2D eigenvalue weighted by atomic mass is 35.5. The molecule has 4 heteroatoms. The van der Waals surface area contributed by atoms with Gasteiger partial charge in [-0.05, 0) is 12.1 Å². The van der Waals surface area contributed by atoms with Crippen LogP contribution >= 0.6 is 11.6 Å². The summed E-state index contributed by atoms with van der Waals surface area (Å²) >= 11 is 5.54. The summed E-state index contributed by atoms with van der Waals surface area (Å²) in [4.78, 5) is 10.7. The molecular weight excluding hydrogens is 207 g/mol. The van der Waals surface area contributed by atoms with Gasteiger partial charge in [-0.2, -0.15) is 0 Å². The van der Waals surface area contributed by atoms with Gasteiger partial charge >= 0.3 is 5.97 Å². The van der Waals surface area contributed by atoms with Crippen LogP contribution in [0.5, 0.6) is 0 Å². The minimum atomic E-state index is -0.547. The Morgan fingerprint density at radius 3 is 2.93 bits per heavy atom. The summed E-state index contributed by atoms with van der Waals surface area (Å²) in [7, 11) is 1.25. The van der Waals surface area contributed by atoms with Gasteiger partial charge in [0.05, 0.1) is 12.1 Å². The Hall–Kier alpha value is -1.35. The normalized spacial score (nSPS) is 10.5. The van der Waals surface area contributed by atoms with E-state index in [0.717, 1.165) is 6.08 Å². The molecule has 0 N–H and O–H groups in total. The summed E-state index contributed by atoms with van der Waals surface area (Å²) in [5.74, 6) is -1.08. The van der Waals surface area contributed by atoms with Crippen molar-refractivity contribution in [3.8, 4) is 0 Å². The molecule has 74 valence electrons. The Morgan fingerprint density at radius 1 is 1.57 bits per heavy atom. The first-order valence-corrected chi connectivity index (χ1v) is 4.23. The molecule has 0 fully saturated rings. The molecule has 0 atom stereocenters. The van der Waals surface area contributed by atoms with Crippen molar-refractivity contribution < 1.29 is 13.9 Å². The van der Waals surface area contributed by atoms with Crippen LogP contribution in [0.1, 0.15) is 5.56 Å². The maximum atomic E-state index is 13.2. The van der Waals surface area contributed by atoms with Gasteiger partial charge in [-0.3, -0.25) is 0 Å². The average molecular weight is 215 g/mol. The standard InChI is InChI=1S/C10H8ClFO2/c1-14-9(13)6-5-7-3-2-4-8(11)10(7)12/h2-6H,1H3/b6-5+. The molecule has 0 spiro atoms. The number of benzene rings is 1. The van der Waals surface area contributed by atoms with Gasteiger partial charge in [-0.1, -0.05) is 23.7 Å². The van der Waals surface area contributed by atoms with Crippen molar-refractivity contribution >= 4 is 23.6 Å². The first kappa shape index (κ1) is 10.7. The van der Waals surface area contributed by atoms with E-state index in [-0.39, 0.29) is 10.6 Å². The number of methoxy groups -OCH3 is 1. The summed E-state index contributed by atoms with van der Waals surface area (Å²) in [6.07, 6.45) is 2.45. The van der Waals surface area contributed by atoms with Gasteiger partial charge in [-0.25, -0.2) is 9.18 Å². The molecule has 0 heterocycles. The average Bonchev–Trinajstić information content (AvgIpc) is 2.20. The SMILES string of the molecule is COC(=O)/C=C/c1cccc(Cl)c1F. The molecule has 1 rings (SSSR count). The van der Waals surface area contributed by atoms with E-state index in [1.807, 2.05) is 0 Å². The van der Waals surface area contributed by atoms with Crippen molar-refractivity contribution in [1.29, 1.82) is 0 Å². The van der Waals surface area contributed by atoms with Gasteiger partial charge in [0, 0.05) is 11.6 Å². The topological polar surface area (TPSA) is 26.3 Å². The van der Waals surface area contributed by atoms with Crippen LogP contribution in [0.25, 0.3) is 6.08 Å². The molecule has 0 aliphatic rings. The molecule has 0 saturated carbocycles. The van der Waals surface area contributed by atoms with Crippen LogP contribution in [0.15, 0.2) is 24.3 Å². The molecule has 1 aromatic rings. The van der Waals surface area contributed by atoms with Crippen molar-refractivity contribution in [3.05, 3.63) is 40.7 Å². The number of halogens is 2. The predicted molar refractivity (Wildman–Crippen MR) is 52.5 cm³/mol. The van der Waals surface area contributed by atoms with Gasteiger partial charge < -0.3 is 4.74 Å². The highest BCUT2D eigenvalue weighted by Gasteiger charge is 2.03. The number of hydrogen-bond donors (Lipinski definition) is 0. The third-order valence-corrected chi connectivity index (χ3v) is 1.87. The molecule has 0 amide bonds. The molecule has 14 heavy (non-hydrogen) atoms. The van der Waals surface area contributed by atoms with Crippen LogP contribution < -0.4 is 0 Å². The molecule has 0 saturated heterocycles. The van der Waals surface area contributed by atoms with Crippen LogP contribution in [0.3, 0.4) is 0 Å². The maximum Gasteiger partial charge on any atom is 0.330 e. The summed E-state index contributed by atoms with van der Waals surface area (Å²) in [6.45, 7) is 0. The molecule has 2 nitrogen and oxygen atoms in total. The highest BCUT2D eigenvalue weighted by Crippen LogP contribution is 2.18. The lowest BCUT2D eigenvalue weighted by molar-refractivity contribution is -0.134. The van der Waals surface area contributed by atoms with Gasteiger partial charge in [0.2, 0.25) is 0 Å². The monoisotopic (exact) mass is 214 g/mol. The summed E-state index contributed by atoms with van der Waals surface area (Å²) in [6, 6.07) is 4.55. The van der Waals surface area contributed by atoms with E-state index in [1.165, 1.54) is 25.3 Å². The quantitative estimate of drug-likeness (QED) is 0.559. The first-order valence-electron chi connectivity index (χ1n) is 3.85. The van der Waals surface area contributed by atoms with Gasteiger partial charge in [0.1, 0.15) is 5.82 Å². The number of carbonyl (C=O) groups is 1. The zero-order valence-electron chi connectivity index (χ0n) is 7.46. The van der Waals surface area contributed by atoms with Gasteiger partial charge in [0.15, 0.2) is 0 Å². The lowest BCUT2D eigenvalue weighted by Crippen LogP contribution is -1.93. The Labute approximate surface area is 85.9 Å². The Kier molecular flexibility index (Phi) is 3.65. The largest absolute Gasteiger partial charge is 0.466 e. The Bertz CT molecular complexity index is 374. The van der Waals surface area contributed by atoms with Gasteiger partial charge in [0.25, 0.3) is 0 Å². The van der Waals surface area contributed by atoms with E-state index in [1.54, 1.807) is 6.07 Å². The minimum Gasteiger partial charge on any atom is -0.466 e. The Morgan fingerprint density at radius 2 is 2.29 bits per heavy atom. The van der Waals surface area contributed by atoms with Crippen LogP contribution in [0, 0.1) is 5.82 Å². The van der Waals surface area contributed by atoms with Crippen molar-refractivity contribution in [3.63, 3.8) is 0 Å². The molecule has 0 radical (unpaired) electrons. The van der Waals surface area contributed by atoms with E-state index >= 15 is 0 Å². The van der Waals surface area contributed by atoms with Crippen LogP contribution in [0.4, 0.5) is 4.39 Å². The number of carbonyl (C=O) groups excluding carboxylic acids is 1. The van der Waals surface area contributed by atoms with Crippen molar-refractivity contribution in [2.75, 3.05) is 7.11 Å². The fraction of sp³-hybridized carbons (Fsp3) is 0.100. The minimum absolute atomic E-state index is 0.0250. The second kappa shape index (κ2) is 4.77. The Balaban J connectivity index is 2.92. The lowest BCUT2D eigenvalue weighted by Gasteiger charge is -1.97. The summed E-state index contributed by atoms with van der Waals surface area (Å²) < 4.78 is 17.6. The second-order valence-electron chi connectivity index (χ2n) is 2.50. The summed E-state index contributed by atoms with van der Waals surface area (Å²) in [5, 5.41) is 0.0250. The van der Waals surface area contributed by atoms with E-state index in [2.05, 4.69) is 4.74 Å². The van der Waals surface area contributed by atoms with Gasteiger partial charge in [-0.15, -0.1) is 0 Å². The molecule has 0 aliphatic carbocycles. The molecule has 0 unspecified atom stereocenters. The second-order valence-corrected chi connectivity index (χ2v) is 2.91. The van der Waals surface area contributed by atoms with Crippen LogP contribution in [-0.4, -0.2) is 13.1 Å². The third-order valence-electron chi connectivity index (χ3n) is 1.58. The van der Waals surface area contributed by atoms with Crippen molar-refractivity contribution in [2.45, 2.75) is 0 Å². The smallest absolute Gasteiger partial charge is 0.330 e. The first-order chi connectivity index (χ1) is 6.65. The predicted octanol–water partition coefficient (Wildman–Crippen LogP) is 2.67. The number of ether oxygens (including phenoxy) is 1. The van der Waals surface area contributed by atoms with Crippen LogP contribution in [-0.2, 0) is 9.53 Å². The molecular formula is C10H8ClFO2. The molecule has 0 aromatic heterocycles. The molecule has 0 aliphatic heterocycles. The number of esters is 1.